The van der Waals surface area contributed by atoms with Crippen molar-refractivity contribution in [1.82, 2.24) is 4.57 Å². The van der Waals surface area contributed by atoms with Gasteiger partial charge < -0.3 is 9.30 Å². The summed E-state index contributed by atoms with van der Waals surface area (Å²) >= 11 is 0. The lowest BCUT2D eigenvalue weighted by Gasteiger charge is -2.11. The van der Waals surface area contributed by atoms with Crippen LogP contribution in [-0.2, 0) is 22.5 Å². The van der Waals surface area contributed by atoms with E-state index < -0.39 is 0 Å². The molecule has 1 aromatic heterocycles. The molecule has 4 nitrogen and oxygen atoms in total. The van der Waals surface area contributed by atoms with E-state index in [1.807, 2.05) is 30.3 Å². The first-order chi connectivity index (χ1) is 9.61. The lowest BCUT2D eigenvalue weighted by atomic mass is 10.0. The van der Waals surface area contributed by atoms with Gasteiger partial charge in [0.15, 0.2) is 0 Å². The topological polar surface area (TPSA) is 48.3 Å². The van der Waals surface area contributed by atoms with Gasteiger partial charge in [0.2, 0.25) is 0 Å². The van der Waals surface area contributed by atoms with Crippen molar-refractivity contribution >= 4 is 5.97 Å². The van der Waals surface area contributed by atoms with Gasteiger partial charge in [0.05, 0.1) is 20.1 Å². The Bertz CT molecular complexity index is 673. The molecule has 0 spiro atoms. The summed E-state index contributed by atoms with van der Waals surface area (Å²) in [4.78, 5) is 23.5. The first-order valence-corrected chi connectivity index (χ1v) is 6.41. The number of aromatic nitrogens is 1. The van der Waals surface area contributed by atoms with E-state index >= 15 is 0 Å². The van der Waals surface area contributed by atoms with Crippen molar-refractivity contribution in [1.29, 1.82) is 0 Å². The fraction of sp³-hybridized carbons (Fsp3) is 0.250. The molecule has 0 N–H and O–H groups in total. The van der Waals surface area contributed by atoms with Crippen molar-refractivity contribution in [3.05, 3.63) is 69.6 Å². The second-order valence-corrected chi connectivity index (χ2v) is 4.65. The summed E-state index contributed by atoms with van der Waals surface area (Å²) in [6, 6.07) is 11.2. The Kier molecular flexibility index (Phi) is 4.35. The molecule has 0 aliphatic carbocycles. The molecule has 0 bridgehead atoms. The van der Waals surface area contributed by atoms with Gasteiger partial charge in [-0.1, -0.05) is 30.3 Å². The Balaban J connectivity index is 2.32. The van der Waals surface area contributed by atoms with Crippen LogP contribution < -0.4 is 5.56 Å². The minimum atomic E-state index is -0.283. The summed E-state index contributed by atoms with van der Waals surface area (Å²) in [6.07, 6.45) is 1.97. The largest absolute Gasteiger partial charge is 0.469 e. The van der Waals surface area contributed by atoms with Gasteiger partial charge >= 0.3 is 5.97 Å². The Labute approximate surface area is 117 Å². The van der Waals surface area contributed by atoms with Crippen LogP contribution in [0.15, 0.2) is 47.4 Å². The van der Waals surface area contributed by atoms with Crippen LogP contribution in [0.25, 0.3) is 0 Å². The molecule has 2 aromatic rings. The number of hydrogen-bond acceptors (Lipinski definition) is 3. The van der Waals surface area contributed by atoms with E-state index in [2.05, 4.69) is 0 Å². The van der Waals surface area contributed by atoms with Crippen molar-refractivity contribution in [3.63, 3.8) is 0 Å². The van der Waals surface area contributed by atoms with E-state index in [0.29, 0.717) is 12.1 Å². The summed E-state index contributed by atoms with van der Waals surface area (Å²) in [6.45, 7) is 2.24. The normalized spacial score (nSPS) is 10.3. The maximum absolute atomic E-state index is 12.0. The number of carbonyl (C=O) groups excluding carboxylic acids is 1. The SMILES string of the molecule is COC(=O)Cc1ccccc1Cn1cccc(C)c1=O. The van der Waals surface area contributed by atoms with E-state index in [-0.39, 0.29) is 17.9 Å². The van der Waals surface area contributed by atoms with Crippen LogP contribution in [0.5, 0.6) is 0 Å². The fourth-order valence-corrected chi connectivity index (χ4v) is 2.08. The Morgan fingerprint density at radius 3 is 2.55 bits per heavy atom. The molecule has 0 saturated carbocycles. The maximum Gasteiger partial charge on any atom is 0.309 e. The third kappa shape index (κ3) is 3.15. The van der Waals surface area contributed by atoms with Crippen molar-refractivity contribution in [2.75, 3.05) is 7.11 Å². The lowest BCUT2D eigenvalue weighted by molar-refractivity contribution is -0.139. The first-order valence-electron chi connectivity index (χ1n) is 6.41. The number of carbonyl (C=O) groups is 1. The molecule has 0 amide bonds. The van der Waals surface area contributed by atoms with Crippen LogP contribution in [0.4, 0.5) is 0 Å². The average Bonchev–Trinajstić information content (AvgIpc) is 2.45. The molecule has 0 aliphatic rings. The standard InChI is InChI=1S/C16H17NO3/c1-12-6-5-9-17(16(12)19)11-14-8-4-3-7-13(14)10-15(18)20-2/h3-9H,10-11H2,1-2H3. The number of hydrogen-bond donors (Lipinski definition) is 0. The molecule has 1 heterocycles. The summed E-state index contributed by atoms with van der Waals surface area (Å²) < 4.78 is 6.34. The monoisotopic (exact) mass is 271 g/mol. The summed E-state index contributed by atoms with van der Waals surface area (Å²) in [7, 11) is 1.37. The van der Waals surface area contributed by atoms with Gasteiger partial charge in [0, 0.05) is 11.8 Å². The van der Waals surface area contributed by atoms with Crippen LogP contribution in [-0.4, -0.2) is 17.6 Å². The third-order valence-electron chi connectivity index (χ3n) is 3.23. The first kappa shape index (κ1) is 14.1. The summed E-state index contributed by atoms with van der Waals surface area (Å²) in [5.74, 6) is -0.283. The Morgan fingerprint density at radius 2 is 1.85 bits per heavy atom. The van der Waals surface area contributed by atoms with Gasteiger partial charge in [0.1, 0.15) is 0 Å². The minimum Gasteiger partial charge on any atom is -0.469 e. The average molecular weight is 271 g/mol. The molecule has 20 heavy (non-hydrogen) atoms. The van der Waals surface area contributed by atoms with Crippen LogP contribution >= 0.6 is 0 Å². The van der Waals surface area contributed by atoms with E-state index in [0.717, 1.165) is 11.1 Å². The molecule has 0 saturated heterocycles. The molecule has 0 radical (unpaired) electrons. The molecule has 0 atom stereocenters. The number of methoxy groups -OCH3 is 1. The van der Waals surface area contributed by atoms with Gasteiger partial charge in [-0.3, -0.25) is 9.59 Å². The van der Waals surface area contributed by atoms with Gasteiger partial charge in [-0.2, -0.15) is 0 Å². The quantitative estimate of drug-likeness (QED) is 0.798. The highest BCUT2D eigenvalue weighted by molar-refractivity contribution is 5.72. The number of rotatable bonds is 4. The Hall–Kier alpha value is -2.36. The number of benzene rings is 1. The molecule has 0 fully saturated rings. The Morgan fingerprint density at radius 1 is 1.15 bits per heavy atom. The number of nitrogens with zero attached hydrogens (tertiary/aromatic N) is 1. The van der Waals surface area contributed by atoms with Crippen LogP contribution in [0.3, 0.4) is 0 Å². The van der Waals surface area contributed by atoms with Crippen LogP contribution in [0.2, 0.25) is 0 Å². The fourth-order valence-electron chi connectivity index (χ4n) is 2.08. The summed E-state index contributed by atoms with van der Waals surface area (Å²) in [5.41, 5.74) is 2.52. The number of pyridine rings is 1. The molecule has 4 heteroatoms. The lowest BCUT2D eigenvalue weighted by Crippen LogP contribution is -2.22. The predicted molar refractivity (Wildman–Crippen MR) is 76.7 cm³/mol. The molecule has 104 valence electrons. The third-order valence-corrected chi connectivity index (χ3v) is 3.23. The number of esters is 1. The van der Waals surface area contributed by atoms with Gasteiger partial charge in [-0.05, 0) is 24.1 Å². The van der Waals surface area contributed by atoms with Crippen molar-refractivity contribution < 1.29 is 9.53 Å². The van der Waals surface area contributed by atoms with Crippen LogP contribution in [0, 0.1) is 6.92 Å². The van der Waals surface area contributed by atoms with E-state index in [1.54, 1.807) is 23.8 Å². The van der Waals surface area contributed by atoms with Crippen molar-refractivity contribution in [2.24, 2.45) is 0 Å². The van der Waals surface area contributed by atoms with Crippen molar-refractivity contribution in [3.8, 4) is 0 Å². The number of ether oxygens (including phenoxy) is 1. The zero-order chi connectivity index (χ0) is 14.5. The van der Waals surface area contributed by atoms with E-state index in [9.17, 15) is 9.59 Å². The molecular formula is C16H17NO3. The smallest absolute Gasteiger partial charge is 0.309 e. The summed E-state index contributed by atoms with van der Waals surface area (Å²) in [5, 5.41) is 0. The minimum absolute atomic E-state index is 0.0135. The maximum atomic E-state index is 12.0. The highest BCUT2D eigenvalue weighted by Gasteiger charge is 2.09. The second-order valence-electron chi connectivity index (χ2n) is 4.65. The zero-order valence-corrected chi connectivity index (χ0v) is 11.6. The van der Waals surface area contributed by atoms with Gasteiger partial charge in [-0.25, -0.2) is 0 Å². The van der Waals surface area contributed by atoms with Gasteiger partial charge in [0.25, 0.3) is 5.56 Å². The molecule has 2 rings (SSSR count). The van der Waals surface area contributed by atoms with Crippen molar-refractivity contribution in [2.45, 2.75) is 19.9 Å². The molecule has 1 aromatic carbocycles. The molecule has 0 aliphatic heterocycles. The number of aryl methyl sites for hydroxylation is 1. The van der Waals surface area contributed by atoms with Gasteiger partial charge in [-0.15, -0.1) is 0 Å². The molecule has 0 unspecified atom stereocenters. The highest BCUT2D eigenvalue weighted by Crippen LogP contribution is 2.11. The zero-order valence-electron chi connectivity index (χ0n) is 11.6. The second kappa shape index (κ2) is 6.19. The van der Waals surface area contributed by atoms with Crippen LogP contribution in [0.1, 0.15) is 16.7 Å². The van der Waals surface area contributed by atoms with E-state index in [4.69, 9.17) is 4.74 Å². The predicted octanol–water partition coefficient (Wildman–Crippen LogP) is 1.92. The highest BCUT2D eigenvalue weighted by atomic mass is 16.5. The van der Waals surface area contributed by atoms with E-state index in [1.165, 1.54) is 7.11 Å². The molecular weight excluding hydrogens is 254 g/mol.